The van der Waals surface area contributed by atoms with Crippen LogP contribution in [-0.4, -0.2) is 83.3 Å². The third-order valence-electron chi connectivity index (χ3n) is 8.80. The van der Waals surface area contributed by atoms with E-state index < -0.39 is 29.9 Å². The number of nitrogens with one attached hydrogen (secondary N) is 4. The van der Waals surface area contributed by atoms with Gasteiger partial charge in [0.25, 0.3) is 0 Å². The molecule has 2 aliphatic heterocycles. The van der Waals surface area contributed by atoms with Gasteiger partial charge in [0.15, 0.2) is 5.82 Å². The first kappa shape index (κ1) is 38.6. The Morgan fingerprint density at radius 3 is 2.42 bits per heavy atom. The molecule has 2 bridgehead atoms. The molecule has 0 unspecified atom stereocenters. The maximum absolute atomic E-state index is 14.3. The maximum Gasteiger partial charge on any atom is 0.243 e. The Labute approximate surface area is 308 Å². The molecule has 4 amide bonds. The van der Waals surface area contributed by atoms with Crippen molar-refractivity contribution in [2.75, 3.05) is 6.61 Å². The monoisotopic (exact) mass is 727 g/mol. The number of carbonyl (C=O) groups is 4. The smallest absolute Gasteiger partial charge is 0.243 e. The lowest BCUT2D eigenvalue weighted by Crippen LogP contribution is -2.55. The zero-order chi connectivity index (χ0) is 37.9. The van der Waals surface area contributed by atoms with Gasteiger partial charge in [0.1, 0.15) is 43.1 Å². The van der Waals surface area contributed by atoms with E-state index >= 15 is 0 Å². The van der Waals surface area contributed by atoms with Crippen LogP contribution in [0.5, 0.6) is 5.75 Å². The lowest BCUT2D eigenvalue weighted by atomic mass is 10.00. The second-order valence-electron chi connectivity index (χ2n) is 14.2. The van der Waals surface area contributed by atoms with E-state index in [2.05, 4.69) is 60.7 Å². The van der Waals surface area contributed by atoms with Crippen molar-refractivity contribution >= 4 is 23.6 Å². The first-order valence-electron chi connectivity index (χ1n) is 18.0. The summed E-state index contributed by atoms with van der Waals surface area (Å²) in [6, 6.07) is 13.6. The zero-order valence-corrected chi connectivity index (χ0v) is 30.9. The van der Waals surface area contributed by atoms with Gasteiger partial charge in [-0.3, -0.25) is 19.2 Å². The molecule has 4 atom stereocenters. The largest absolute Gasteiger partial charge is 0.491 e. The second kappa shape index (κ2) is 18.2. The van der Waals surface area contributed by atoms with Crippen molar-refractivity contribution in [3.8, 4) is 5.75 Å². The van der Waals surface area contributed by atoms with Gasteiger partial charge in [0.05, 0.1) is 18.6 Å². The normalized spacial score (nSPS) is 20.2. The minimum Gasteiger partial charge on any atom is -0.491 e. The van der Waals surface area contributed by atoms with Gasteiger partial charge in [-0.15, -0.1) is 5.10 Å². The number of ether oxygens (including phenoxy) is 1. The number of carbonyl (C=O) groups excluding carboxylic acids is 4. The van der Waals surface area contributed by atoms with Crippen molar-refractivity contribution in [1.29, 1.82) is 0 Å². The Morgan fingerprint density at radius 2 is 1.74 bits per heavy atom. The van der Waals surface area contributed by atoms with Crippen LogP contribution in [0, 0.1) is 18.8 Å². The molecule has 2 aromatic heterocycles. The first-order valence-corrected chi connectivity index (χ1v) is 18.0. The SMILES string of the molecule is Cc1nc2n(n1)CC(=O)N[C@@H](CC(C)C)COc1ccc(cc1)C[C@@H](NC(=O)CCn1cnnn1)C(=O)N[C@@H](Cc1ccccc1)C(=O)N[C@H]2C(C)C. The third kappa shape index (κ3) is 11.4. The fourth-order valence-corrected chi connectivity index (χ4v) is 6.21. The van der Waals surface area contributed by atoms with Gasteiger partial charge in [0, 0.05) is 19.3 Å². The minimum atomic E-state index is -1.02. The van der Waals surface area contributed by atoms with Crippen LogP contribution in [0.25, 0.3) is 0 Å². The number of hydrogen-bond acceptors (Lipinski definition) is 10. The Morgan fingerprint density at radius 1 is 0.981 bits per heavy atom. The van der Waals surface area contributed by atoms with Crippen molar-refractivity contribution in [1.82, 2.24) is 56.2 Å². The van der Waals surface area contributed by atoms with E-state index in [9.17, 15) is 19.2 Å². The van der Waals surface area contributed by atoms with Crippen LogP contribution >= 0.6 is 0 Å². The molecule has 0 spiro atoms. The summed E-state index contributed by atoms with van der Waals surface area (Å²) < 4.78 is 9.07. The second-order valence-corrected chi connectivity index (χ2v) is 14.2. The van der Waals surface area contributed by atoms with Gasteiger partial charge in [-0.25, -0.2) is 14.3 Å². The van der Waals surface area contributed by atoms with Crippen LogP contribution in [0.1, 0.15) is 69.4 Å². The van der Waals surface area contributed by atoms with Crippen LogP contribution in [0.4, 0.5) is 0 Å². The maximum atomic E-state index is 14.3. The molecule has 282 valence electrons. The Bertz CT molecular complexity index is 1810. The lowest BCUT2D eigenvalue weighted by Gasteiger charge is -2.27. The summed E-state index contributed by atoms with van der Waals surface area (Å²) in [6.07, 6.45) is 2.44. The Kier molecular flexibility index (Phi) is 13.2. The summed E-state index contributed by atoms with van der Waals surface area (Å²) in [4.78, 5) is 59.7. The summed E-state index contributed by atoms with van der Waals surface area (Å²) in [7, 11) is 0. The number of tetrazole rings is 1. The summed E-state index contributed by atoms with van der Waals surface area (Å²) in [5.74, 6) is -0.0338. The van der Waals surface area contributed by atoms with E-state index in [-0.39, 0.29) is 68.7 Å². The van der Waals surface area contributed by atoms with Gasteiger partial charge in [-0.1, -0.05) is 70.2 Å². The number of fused-ring (bicyclic) bond motifs is 14. The topological polar surface area (TPSA) is 200 Å². The minimum absolute atomic E-state index is 0.0276. The standard InChI is InChI=1S/C37H49N11O5/c1-23(2)17-28-21-53-29-13-11-27(12-14-29)19-30(41-32(49)15-16-47-22-38-45-46-47)36(51)42-31(18-26-9-7-6-8-10-26)37(52)43-34(24(3)4)35-39-25(5)44-48(35)20-33(50)40-28/h6-14,22-24,28,30-31,34H,15-21H2,1-5H3,(H,40,50)(H,41,49)(H,42,51)(H,43,52)/t28-,30+,31-,34-/m0/s1. The first-order chi connectivity index (χ1) is 25.4. The highest BCUT2D eigenvalue weighted by Gasteiger charge is 2.32. The Balaban J connectivity index is 1.49. The van der Waals surface area contributed by atoms with E-state index in [0.717, 1.165) is 11.1 Å². The molecule has 0 fully saturated rings. The summed E-state index contributed by atoms with van der Waals surface area (Å²) in [6.45, 7) is 10.1. The van der Waals surface area contributed by atoms with Gasteiger partial charge < -0.3 is 26.0 Å². The molecule has 0 saturated carbocycles. The average Bonchev–Trinajstić information content (AvgIpc) is 3.77. The van der Waals surface area contributed by atoms with E-state index in [1.54, 1.807) is 19.1 Å². The number of aryl methyl sites for hydroxylation is 2. The highest BCUT2D eigenvalue weighted by atomic mass is 16.5. The van der Waals surface area contributed by atoms with Crippen molar-refractivity contribution in [2.24, 2.45) is 11.8 Å². The molecule has 6 rings (SSSR count). The van der Waals surface area contributed by atoms with Crippen molar-refractivity contribution in [2.45, 2.75) is 97.6 Å². The number of hydrogen-bond donors (Lipinski definition) is 4. The molecule has 2 aromatic carbocycles. The molecule has 0 saturated heterocycles. The van der Waals surface area contributed by atoms with Gasteiger partial charge >= 0.3 is 0 Å². The highest BCUT2D eigenvalue weighted by molar-refractivity contribution is 5.92. The summed E-state index contributed by atoms with van der Waals surface area (Å²) in [5.41, 5.74) is 1.59. The molecule has 16 heteroatoms. The fourth-order valence-electron chi connectivity index (χ4n) is 6.21. The van der Waals surface area contributed by atoms with Crippen LogP contribution in [0.15, 0.2) is 60.9 Å². The van der Waals surface area contributed by atoms with E-state index in [4.69, 9.17) is 4.74 Å². The molecule has 4 aromatic rings. The highest BCUT2D eigenvalue weighted by Crippen LogP contribution is 2.22. The number of amides is 4. The van der Waals surface area contributed by atoms with Crippen molar-refractivity contribution < 1.29 is 23.9 Å². The Hall–Kier alpha value is -5.67. The molecule has 16 nitrogen and oxygen atoms in total. The molecular formula is C37H49N11O5. The van der Waals surface area contributed by atoms with E-state index in [1.165, 1.54) is 15.7 Å². The lowest BCUT2D eigenvalue weighted by molar-refractivity contribution is -0.132. The molecular weight excluding hydrogens is 678 g/mol. The van der Waals surface area contributed by atoms with Crippen molar-refractivity contribution in [3.63, 3.8) is 0 Å². The van der Waals surface area contributed by atoms with Crippen LogP contribution in [0.3, 0.4) is 0 Å². The predicted octanol–water partition coefficient (Wildman–Crippen LogP) is 1.85. The number of aromatic nitrogens is 7. The molecule has 0 radical (unpaired) electrons. The number of nitrogens with zero attached hydrogens (tertiary/aromatic N) is 7. The molecule has 4 heterocycles. The van der Waals surface area contributed by atoms with Gasteiger partial charge in [0.2, 0.25) is 23.6 Å². The van der Waals surface area contributed by atoms with Crippen molar-refractivity contribution in [3.05, 3.63) is 83.7 Å². The fraction of sp³-hybridized carbons (Fsp3) is 0.486. The van der Waals surface area contributed by atoms with E-state index in [1.807, 2.05) is 56.3 Å². The molecule has 2 aliphatic rings. The predicted molar refractivity (Wildman–Crippen MR) is 194 cm³/mol. The zero-order valence-electron chi connectivity index (χ0n) is 30.9. The van der Waals surface area contributed by atoms with Crippen LogP contribution in [-0.2, 0) is 45.1 Å². The summed E-state index contributed by atoms with van der Waals surface area (Å²) in [5, 5.41) is 27.5. The molecule has 0 aliphatic carbocycles. The number of rotatable bonds is 9. The average molecular weight is 728 g/mol. The van der Waals surface area contributed by atoms with E-state index in [0.29, 0.717) is 23.8 Å². The van der Waals surface area contributed by atoms with Gasteiger partial charge in [-0.05, 0) is 58.9 Å². The third-order valence-corrected chi connectivity index (χ3v) is 8.80. The number of benzene rings is 2. The molecule has 4 N–H and O–H groups in total. The quantitative estimate of drug-likeness (QED) is 0.197. The summed E-state index contributed by atoms with van der Waals surface area (Å²) >= 11 is 0. The van der Waals surface area contributed by atoms with Gasteiger partial charge in [-0.2, -0.15) is 5.10 Å². The van der Waals surface area contributed by atoms with Crippen LogP contribution < -0.4 is 26.0 Å². The molecule has 53 heavy (non-hydrogen) atoms. The van der Waals surface area contributed by atoms with Crippen LogP contribution in [0.2, 0.25) is 0 Å².